The van der Waals surface area contributed by atoms with Crippen molar-refractivity contribution in [3.63, 3.8) is 0 Å². The minimum Gasteiger partial charge on any atom is -0.293 e. The molecule has 0 bridgehead atoms. The first-order chi connectivity index (χ1) is 7.29. The smallest absolute Gasteiger partial charge is 0.293 e. The van der Waals surface area contributed by atoms with Crippen LogP contribution in [-0.4, -0.2) is 11.7 Å². The van der Waals surface area contributed by atoms with Crippen LogP contribution in [0.1, 0.15) is 15.9 Å². The molecule has 1 aromatic carbocycles. The summed E-state index contributed by atoms with van der Waals surface area (Å²) < 4.78 is 50.3. The number of carbonyl (C=O) groups is 1. The van der Waals surface area contributed by atoms with E-state index in [-0.39, 0.29) is 0 Å². The lowest BCUT2D eigenvalue weighted by molar-refractivity contribution is -0.140. The first-order valence-corrected chi connectivity index (χ1v) is 5.26. The van der Waals surface area contributed by atoms with Crippen molar-refractivity contribution in [1.82, 2.24) is 0 Å². The topological polar surface area (TPSA) is 17.1 Å². The quantitative estimate of drug-likeness (QED) is 0.457. The van der Waals surface area contributed by atoms with Gasteiger partial charge in [0, 0.05) is 4.47 Å². The predicted molar refractivity (Wildman–Crippen MR) is 54.2 cm³/mol. The normalized spacial score (nSPS) is 11.6. The summed E-state index contributed by atoms with van der Waals surface area (Å²) in [6, 6.07) is 1.92. The van der Waals surface area contributed by atoms with Gasteiger partial charge in [-0.3, -0.25) is 4.79 Å². The van der Waals surface area contributed by atoms with Crippen LogP contribution in [0.15, 0.2) is 16.6 Å². The zero-order valence-electron chi connectivity index (χ0n) is 7.54. The molecule has 16 heavy (non-hydrogen) atoms. The highest BCUT2D eigenvalue weighted by molar-refractivity contribution is 9.10. The van der Waals surface area contributed by atoms with Gasteiger partial charge in [0.1, 0.15) is 11.4 Å². The van der Waals surface area contributed by atoms with Crippen LogP contribution in [0.25, 0.3) is 0 Å². The SMILES string of the molecule is O=C(CCl)c1ccc(Br)c(C(F)(F)F)c1F. The molecule has 1 rings (SSSR count). The van der Waals surface area contributed by atoms with Gasteiger partial charge in [-0.05, 0) is 12.1 Å². The summed E-state index contributed by atoms with van der Waals surface area (Å²) in [5, 5.41) is 0. The maximum Gasteiger partial charge on any atom is 0.420 e. The number of Topliss-reactive ketones (excluding diaryl/α,β-unsaturated/α-hetero) is 1. The number of hydrogen-bond acceptors (Lipinski definition) is 1. The van der Waals surface area contributed by atoms with Crippen LogP contribution in [0.2, 0.25) is 0 Å². The van der Waals surface area contributed by atoms with Crippen LogP contribution in [0, 0.1) is 5.82 Å². The predicted octanol–water partition coefficient (Wildman–Crippen LogP) is 4.03. The van der Waals surface area contributed by atoms with Gasteiger partial charge >= 0.3 is 6.18 Å². The van der Waals surface area contributed by atoms with Crippen LogP contribution in [0.4, 0.5) is 17.6 Å². The van der Waals surface area contributed by atoms with Crippen LogP contribution >= 0.6 is 27.5 Å². The van der Waals surface area contributed by atoms with E-state index < -0.39 is 39.3 Å². The maximum absolute atomic E-state index is 13.4. The number of alkyl halides is 4. The van der Waals surface area contributed by atoms with E-state index >= 15 is 0 Å². The average Bonchev–Trinajstić information content (AvgIpc) is 2.14. The molecule has 0 aliphatic carbocycles. The number of ketones is 1. The summed E-state index contributed by atoms with van der Waals surface area (Å²) in [4.78, 5) is 11.1. The Morgan fingerprint density at radius 3 is 2.38 bits per heavy atom. The summed E-state index contributed by atoms with van der Waals surface area (Å²) in [5.74, 6) is -3.07. The van der Waals surface area contributed by atoms with Gasteiger partial charge in [0.05, 0.1) is 11.4 Å². The highest BCUT2D eigenvalue weighted by Crippen LogP contribution is 2.37. The third kappa shape index (κ3) is 2.55. The lowest BCUT2D eigenvalue weighted by atomic mass is 10.1. The van der Waals surface area contributed by atoms with E-state index in [0.29, 0.717) is 0 Å². The summed E-state index contributed by atoms with van der Waals surface area (Å²) >= 11 is 7.74. The molecule has 0 fully saturated rings. The highest BCUT2D eigenvalue weighted by atomic mass is 79.9. The molecule has 1 aromatic rings. The van der Waals surface area contributed by atoms with E-state index in [1.165, 1.54) is 0 Å². The molecule has 7 heteroatoms. The molecule has 0 heterocycles. The molecular weight excluding hydrogens is 315 g/mol. The molecule has 0 saturated carbocycles. The van der Waals surface area contributed by atoms with Gasteiger partial charge < -0.3 is 0 Å². The molecule has 0 unspecified atom stereocenters. The first-order valence-electron chi connectivity index (χ1n) is 3.93. The molecule has 1 nitrogen and oxygen atoms in total. The van der Waals surface area contributed by atoms with Crippen LogP contribution < -0.4 is 0 Å². The van der Waals surface area contributed by atoms with E-state index in [0.717, 1.165) is 12.1 Å². The molecule has 0 spiro atoms. The molecule has 88 valence electrons. The second-order valence-electron chi connectivity index (χ2n) is 2.84. The fourth-order valence-electron chi connectivity index (χ4n) is 1.10. The van der Waals surface area contributed by atoms with Crippen molar-refractivity contribution in [3.05, 3.63) is 33.5 Å². The Labute approximate surface area is 102 Å². The van der Waals surface area contributed by atoms with Crippen LogP contribution in [0.5, 0.6) is 0 Å². The molecule has 0 atom stereocenters. The minimum atomic E-state index is -4.87. The largest absolute Gasteiger partial charge is 0.420 e. The Balaban J connectivity index is 3.45. The summed E-state index contributed by atoms with van der Waals surface area (Å²) in [7, 11) is 0. The summed E-state index contributed by atoms with van der Waals surface area (Å²) in [5.41, 5.74) is -2.16. The maximum atomic E-state index is 13.4. The Hall–Kier alpha value is -0.620. The Morgan fingerprint density at radius 1 is 1.38 bits per heavy atom. The van der Waals surface area contributed by atoms with Crippen molar-refractivity contribution in [2.75, 3.05) is 5.88 Å². The van der Waals surface area contributed by atoms with Gasteiger partial charge in [0.15, 0.2) is 5.78 Å². The molecule has 0 aliphatic heterocycles. The second kappa shape index (κ2) is 4.71. The number of carbonyl (C=O) groups excluding carboxylic acids is 1. The molecule has 0 aromatic heterocycles. The van der Waals surface area contributed by atoms with E-state index in [2.05, 4.69) is 15.9 Å². The molecule has 0 radical (unpaired) electrons. The van der Waals surface area contributed by atoms with Gasteiger partial charge in [-0.25, -0.2) is 4.39 Å². The zero-order valence-corrected chi connectivity index (χ0v) is 9.88. The monoisotopic (exact) mass is 318 g/mol. The van der Waals surface area contributed by atoms with Crippen molar-refractivity contribution in [2.24, 2.45) is 0 Å². The van der Waals surface area contributed by atoms with Crippen LogP contribution in [0.3, 0.4) is 0 Å². The first kappa shape index (κ1) is 13.4. The van der Waals surface area contributed by atoms with Crippen molar-refractivity contribution in [3.8, 4) is 0 Å². The second-order valence-corrected chi connectivity index (χ2v) is 3.96. The fourth-order valence-corrected chi connectivity index (χ4v) is 1.77. The molecule has 0 N–H and O–H groups in total. The molecular formula is C9H4BrClF4O. The van der Waals surface area contributed by atoms with Crippen molar-refractivity contribution < 1.29 is 22.4 Å². The number of benzene rings is 1. The third-order valence-corrected chi connectivity index (χ3v) is 2.70. The lowest BCUT2D eigenvalue weighted by Gasteiger charge is -2.12. The van der Waals surface area contributed by atoms with Crippen molar-refractivity contribution >= 4 is 33.3 Å². The minimum absolute atomic E-state index is 0.455. The Bertz CT molecular complexity index is 430. The molecule has 0 amide bonds. The number of hydrogen-bond donors (Lipinski definition) is 0. The zero-order chi connectivity index (χ0) is 12.5. The third-order valence-electron chi connectivity index (χ3n) is 1.80. The molecule has 0 aliphatic rings. The number of halogens is 6. The van der Waals surface area contributed by atoms with E-state index in [1.807, 2.05) is 0 Å². The summed E-state index contributed by atoms with van der Waals surface area (Å²) in [6.07, 6.45) is -4.87. The van der Waals surface area contributed by atoms with Gasteiger partial charge in [-0.1, -0.05) is 15.9 Å². The fraction of sp³-hybridized carbons (Fsp3) is 0.222. The summed E-state index contributed by atoms with van der Waals surface area (Å²) in [6.45, 7) is 0. The van der Waals surface area contributed by atoms with Crippen molar-refractivity contribution in [1.29, 1.82) is 0 Å². The average molecular weight is 319 g/mol. The van der Waals surface area contributed by atoms with Crippen LogP contribution in [-0.2, 0) is 6.18 Å². The lowest BCUT2D eigenvalue weighted by Crippen LogP contribution is -2.14. The number of rotatable bonds is 2. The van der Waals surface area contributed by atoms with E-state index in [1.54, 1.807) is 0 Å². The van der Waals surface area contributed by atoms with Crippen molar-refractivity contribution in [2.45, 2.75) is 6.18 Å². The van der Waals surface area contributed by atoms with Gasteiger partial charge in [0.25, 0.3) is 0 Å². The molecule has 0 saturated heterocycles. The van der Waals surface area contributed by atoms with Gasteiger partial charge in [-0.15, -0.1) is 11.6 Å². The van der Waals surface area contributed by atoms with E-state index in [9.17, 15) is 22.4 Å². The van der Waals surface area contributed by atoms with Gasteiger partial charge in [0.2, 0.25) is 0 Å². The Morgan fingerprint density at radius 2 is 1.94 bits per heavy atom. The van der Waals surface area contributed by atoms with E-state index in [4.69, 9.17) is 11.6 Å². The standard InChI is InChI=1S/C9H4BrClF4O/c10-5-2-1-4(6(16)3-11)8(12)7(5)9(13,14)15/h1-2H,3H2. The highest BCUT2D eigenvalue weighted by Gasteiger charge is 2.38. The van der Waals surface area contributed by atoms with Gasteiger partial charge in [-0.2, -0.15) is 13.2 Å². The Kier molecular flexibility index (Phi) is 3.96.